The average molecular weight is 894 g/mol. The number of hydrogen-bond acceptors (Lipinski definition) is 5. The number of benzene rings is 5. The lowest BCUT2D eigenvalue weighted by Gasteiger charge is -2.38. The number of carbonyl (C=O) groups is 2. The predicted molar refractivity (Wildman–Crippen MR) is 280 cm³/mol. The largest absolute Gasteiger partial charge is 0.378 e. The molecule has 1 aliphatic carbocycles. The zero-order chi connectivity index (χ0) is 47.1. The minimum absolute atomic E-state index is 0.109. The molecule has 0 saturated heterocycles. The molecule has 0 spiro atoms. The van der Waals surface area contributed by atoms with E-state index in [-0.39, 0.29) is 11.8 Å². The van der Waals surface area contributed by atoms with Crippen molar-refractivity contribution in [2.75, 3.05) is 59.3 Å². The third kappa shape index (κ3) is 10.4. The van der Waals surface area contributed by atoms with Gasteiger partial charge in [-0.15, -0.1) is 0 Å². The van der Waals surface area contributed by atoms with Gasteiger partial charge in [-0.1, -0.05) is 86.6 Å². The lowest BCUT2D eigenvalue weighted by molar-refractivity contribution is -0.462. The molecule has 0 radical (unpaired) electrons. The Balaban J connectivity index is 1.20. The number of nitrogens with one attached hydrogen (secondary N) is 4. The first-order valence-corrected chi connectivity index (χ1v) is 26.0. The van der Waals surface area contributed by atoms with Gasteiger partial charge in [0.15, 0.2) is 5.71 Å². The Kier molecular flexibility index (Phi) is 14.9. The molecule has 338 valence electrons. The Morgan fingerprint density at radius 2 is 1.24 bits per heavy atom. The summed E-state index contributed by atoms with van der Waals surface area (Å²) in [5, 5.41) is 20.9. The molecule has 0 fully saturated rings. The maximum absolute atomic E-state index is 12.0. The number of nitrogens with zero attached hydrogens (tertiary/aromatic N) is 2. The van der Waals surface area contributed by atoms with Crippen LogP contribution >= 0.6 is 0 Å². The number of carbonyl (C=O) groups excluding carboxylic acids is 2. The second-order valence-electron chi connectivity index (χ2n) is 18.5. The van der Waals surface area contributed by atoms with Crippen LogP contribution in [-0.2, 0) is 22.7 Å². The van der Waals surface area contributed by atoms with Gasteiger partial charge in [0, 0.05) is 80.4 Å². The molecule has 2 aliphatic rings. The van der Waals surface area contributed by atoms with Crippen molar-refractivity contribution in [1.29, 1.82) is 0 Å². The summed E-state index contributed by atoms with van der Waals surface area (Å²) in [4.78, 5) is 26.2. The lowest BCUT2D eigenvalue weighted by Crippen LogP contribution is -2.49. The first-order valence-electron chi connectivity index (χ1n) is 23.0. The number of amides is 2. The molecule has 0 saturated carbocycles. The predicted octanol–water partition coefficient (Wildman–Crippen LogP) is 8.28. The summed E-state index contributed by atoms with van der Waals surface area (Å²) >= 11 is 0. The van der Waals surface area contributed by atoms with Crippen LogP contribution in [0.3, 0.4) is 0 Å². The summed E-state index contributed by atoms with van der Waals surface area (Å²) in [7, 11) is 6.43. The zero-order valence-corrected chi connectivity index (χ0v) is 41.1. The van der Waals surface area contributed by atoms with Crippen molar-refractivity contribution in [2.45, 2.75) is 52.9 Å². The van der Waals surface area contributed by atoms with Crippen LogP contribution in [0.2, 0.25) is 13.1 Å². The van der Waals surface area contributed by atoms with E-state index in [9.17, 15) is 9.59 Å². The van der Waals surface area contributed by atoms with Crippen LogP contribution in [0.5, 0.6) is 0 Å². The van der Waals surface area contributed by atoms with E-state index in [1.54, 1.807) is 13.8 Å². The minimum Gasteiger partial charge on any atom is -0.378 e. The Hall–Kier alpha value is -6.57. The van der Waals surface area contributed by atoms with Gasteiger partial charge in [0.05, 0.1) is 0 Å². The normalized spacial score (nSPS) is 13.6. The van der Waals surface area contributed by atoms with E-state index in [1.165, 1.54) is 71.3 Å². The van der Waals surface area contributed by atoms with Gasteiger partial charge in [0.25, 0.3) is 0 Å². The molecule has 0 atom stereocenters. The van der Waals surface area contributed by atoms with E-state index < -0.39 is 8.07 Å². The summed E-state index contributed by atoms with van der Waals surface area (Å²) in [5.41, 5.74) is 13.0. The van der Waals surface area contributed by atoms with Gasteiger partial charge in [0.1, 0.15) is 22.2 Å². The molecular weight excluding hydrogens is 829 g/mol. The molecule has 1 aliphatic heterocycles. The molecule has 7 rings (SSSR count). The fraction of sp³-hybridized carbons (Fsp3) is 0.281. The highest BCUT2D eigenvalue weighted by Gasteiger charge is 2.40. The maximum Gasteiger partial charge on any atom is 0.246 e. The van der Waals surface area contributed by atoms with E-state index in [4.69, 9.17) is 0 Å². The van der Waals surface area contributed by atoms with Crippen molar-refractivity contribution >= 4 is 63.6 Å². The highest BCUT2D eigenvalue weighted by Crippen LogP contribution is 2.42. The van der Waals surface area contributed by atoms with Crippen molar-refractivity contribution in [3.63, 3.8) is 0 Å². The summed E-state index contributed by atoms with van der Waals surface area (Å²) in [6.45, 7) is 19.9. The fourth-order valence-corrected chi connectivity index (χ4v) is 12.0. The quantitative estimate of drug-likeness (QED) is 0.0200. The number of anilines is 1. The Morgan fingerprint density at radius 1 is 0.682 bits per heavy atom. The Morgan fingerprint density at radius 3 is 1.82 bits per heavy atom. The third-order valence-electron chi connectivity index (χ3n) is 12.7. The van der Waals surface area contributed by atoms with Crippen molar-refractivity contribution in [1.82, 2.24) is 21.3 Å². The maximum atomic E-state index is 12.0. The average Bonchev–Trinajstić information content (AvgIpc) is 3.30. The molecule has 1 heterocycles. The van der Waals surface area contributed by atoms with Gasteiger partial charge in [-0.2, -0.15) is 0 Å². The van der Waals surface area contributed by atoms with Crippen molar-refractivity contribution < 1.29 is 14.2 Å². The SMILES string of the molecule is C=C(C)C(=O)NCCCNCc1c2ccccc2c(CNCCCNC(=O)C(=C)C)c2cc(C#Cc3ccc(C4=C5C=CC(=[N+](C)C)C=C5[Si](C)(C)c5cc(N(C)C)ccc54)cc3)ccc12. The van der Waals surface area contributed by atoms with Crippen molar-refractivity contribution in [3.05, 3.63) is 172 Å². The molecule has 0 unspecified atom stereocenters. The standard InChI is InChI=1S/C57H64N6O2Si/c1-38(2)56(64)60-31-13-29-58-36-51-45-15-11-12-16-46(45)52(37-59-30-14-32-61-57(65)39(3)4)50-33-41(21-26-47(50)51)18-17-40-19-22-42(23-20-40)55-48-27-24-43(62(5)6)34-53(48)66(9,10)54-35-44(63(7)8)25-28-49(54)55/h11-12,15-16,19-28,33-35,58-59H,1,3,13-14,29-32,36-37H2,2,4-10H3,(H-,60,61,64,65)/p+1. The van der Waals surface area contributed by atoms with E-state index in [0.29, 0.717) is 37.3 Å². The van der Waals surface area contributed by atoms with Crippen LogP contribution in [0.25, 0.3) is 27.1 Å². The summed E-state index contributed by atoms with van der Waals surface area (Å²) in [6, 6.07) is 31.0. The highest BCUT2D eigenvalue weighted by molar-refractivity contribution is 6.98. The molecule has 8 nitrogen and oxygen atoms in total. The second-order valence-corrected chi connectivity index (χ2v) is 22.8. The van der Waals surface area contributed by atoms with Crippen LogP contribution in [-0.4, -0.2) is 84.5 Å². The van der Waals surface area contributed by atoms with Gasteiger partial charge >= 0.3 is 0 Å². The molecule has 5 aromatic carbocycles. The first kappa shape index (κ1) is 47.4. The molecule has 5 aromatic rings. The Bertz CT molecular complexity index is 2930. The summed E-state index contributed by atoms with van der Waals surface area (Å²) in [5.74, 6) is 6.81. The summed E-state index contributed by atoms with van der Waals surface area (Å²) in [6.07, 6.45) is 8.60. The number of fused-ring (bicyclic) bond motifs is 4. The molecule has 0 aromatic heterocycles. The van der Waals surface area contributed by atoms with Gasteiger partial charge in [-0.25, -0.2) is 4.58 Å². The van der Waals surface area contributed by atoms with Gasteiger partial charge in [0.2, 0.25) is 11.8 Å². The Labute approximate surface area is 393 Å². The lowest BCUT2D eigenvalue weighted by atomic mass is 9.89. The molecular formula is C57H65N6O2Si+. The van der Waals surface area contributed by atoms with Gasteiger partial charge in [-0.05, 0) is 148 Å². The number of allylic oxidation sites excluding steroid dienone is 5. The van der Waals surface area contributed by atoms with Crippen LogP contribution in [0.4, 0.5) is 5.69 Å². The van der Waals surface area contributed by atoms with Crippen LogP contribution < -0.4 is 31.4 Å². The topological polar surface area (TPSA) is 88.5 Å². The molecule has 66 heavy (non-hydrogen) atoms. The van der Waals surface area contributed by atoms with E-state index in [2.05, 4.69) is 200 Å². The highest BCUT2D eigenvalue weighted by atomic mass is 28.3. The first-order chi connectivity index (χ1) is 31.6. The van der Waals surface area contributed by atoms with E-state index >= 15 is 0 Å². The molecule has 4 N–H and O–H groups in total. The number of rotatable bonds is 16. The molecule has 0 bridgehead atoms. The molecule has 9 heteroatoms. The van der Waals surface area contributed by atoms with Crippen LogP contribution in [0, 0.1) is 11.8 Å². The number of hydrogen-bond donors (Lipinski definition) is 4. The van der Waals surface area contributed by atoms with Gasteiger partial charge in [-0.3, -0.25) is 9.59 Å². The second kappa shape index (κ2) is 20.7. The minimum atomic E-state index is -2.04. The van der Waals surface area contributed by atoms with Crippen LogP contribution in [0.1, 0.15) is 60.1 Å². The van der Waals surface area contributed by atoms with Crippen molar-refractivity contribution in [2.24, 2.45) is 0 Å². The fourth-order valence-electron chi connectivity index (χ4n) is 8.93. The van der Waals surface area contributed by atoms with Gasteiger partial charge < -0.3 is 26.2 Å². The smallest absolute Gasteiger partial charge is 0.246 e. The monoisotopic (exact) mass is 893 g/mol. The third-order valence-corrected chi connectivity index (χ3v) is 16.2. The van der Waals surface area contributed by atoms with Crippen molar-refractivity contribution in [3.8, 4) is 11.8 Å². The van der Waals surface area contributed by atoms with Crippen LogP contribution in [0.15, 0.2) is 138 Å². The van der Waals surface area contributed by atoms with E-state index in [1.807, 2.05) is 0 Å². The zero-order valence-electron chi connectivity index (χ0n) is 40.1. The molecule has 2 amide bonds. The van der Waals surface area contributed by atoms with E-state index in [0.717, 1.165) is 42.4 Å². The summed E-state index contributed by atoms with van der Waals surface area (Å²) < 4.78 is 2.20.